The predicted molar refractivity (Wildman–Crippen MR) is 80.2 cm³/mol. The summed E-state index contributed by atoms with van der Waals surface area (Å²) in [6, 6.07) is -0.354. The van der Waals surface area contributed by atoms with Crippen LogP contribution < -0.4 is 11.1 Å². The average Bonchev–Trinajstić information content (AvgIpc) is 2.66. The molecule has 3 N–H and O–H groups in total. The lowest BCUT2D eigenvalue weighted by atomic mass is 10.0. The van der Waals surface area contributed by atoms with Gasteiger partial charge in [0.15, 0.2) is 5.78 Å². The van der Waals surface area contributed by atoms with Gasteiger partial charge in [0.05, 0.1) is 19.0 Å². The third-order valence-electron chi connectivity index (χ3n) is 3.76. The molecule has 1 unspecified atom stereocenters. The molecule has 21 heavy (non-hydrogen) atoms. The third-order valence-corrected chi connectivity index (χ3v) is 3.76. The summed E-state index contributed by atoms with van der Waals surface area (Å²) in [5.41, 5.74) is 5.20. The molecule has 6 nitrogen and oxygen atoms in total. The highest BCUT2D eigenvalue weighted by atomic mass is 16.2. The van der Waals surface area contributed by atoms with Gasteiger partial charge in [-0.05, 0) is 32.2 Å². The standard InChI is InChI=1S/C15H26N3O3/c1-3-9-18(12-5-4-8-17-10-13(12)19)14(20)7-6-11(2)15(16)21/h7,11-12,17H,3-6,8-10H2,1-2H3,(H2,16,21)/t11?,12-/m0/s1. The van der Waals surface area contributed by atoms with Gasteiger partial charge in [-0.3, -0.25) is 14.4 Å². The van der Waals surface area contributed by atoms with Gasteiger partial charge < -0.3 is 16.0 Å². The molecule has 0 aromatic rings. The zero-order valence-electron chi connectivity index (χ0n) is 12.9. The first-order valence-corrected chi connectivity index (χ1v) is 7.63. The van der Waals surface area contributed by atoms with Gasteiger partial charge in [0.25, 0.3) is 0 Å². The van der Waals surface area contributed by atoms with Crippen molar-refractivity contribution in [2.45, 2.75) is 45.6 Å². The second-order valence-electron chi connectivity index (χ2n) is 5.58. The van der Waals surface area contributed by atoms with Crippen molar-refractivity contribution in [1.29, 1.82) is 0 Å². The number of amides is 2. The van der Waals surface area contributed by atoms with Crippen LogP contribution >= 0.6 is 0 Å². The zero-order chi connectivity index (χ0) is 15.8. The second kappa shape index (κ2) is 8.77. The van der Waals surface area contributed by atoms with E-state index in [0.717, 1.165) is 19.4 Å². The van der Waals surface area contributed by atoms with Crippen LogP contribution in [0.1, 0.15) is 39.5 Å². The van der Waals surface area contributed by atoms with Crippen molar-refractivity contribution >= 4 is 17.6 Å². The predicted octanol–water partition coefficient (Wildman–Crippen LogP) is 0.262. The number of carbonyl (C=O) groups excluding carboxylic acids is 3. The minimum Gasteiger partial charge on any atom is -0.369 e. The summed E-state index contributed by atoms with van der Waals surface area (Å²) in [7, 11) is 0. The highest BCUT2D eigenvalue weighted by Gasteiger charge is 2.30. The SMILES string of the molecule is CCCN(C(=O)[CH]CC(C)C(N)=O)[C@H]1CCCNCC1=O. The van der Waals surface area contributed by atoms with E-state index in [4.69, 9.17) is 5.73 Å². The lowest BCUT2D eigenvalue weighted by Gasteiger charge is -2.30. The normalized spacial score (nSPS) is 20.7. The van der Waals surface area contributed by atoms with E-state index in [1.165, 1.54) is 6.42 Å². The Morgan fingerprint density at radius 2 is 2.24 bits per heavy atom. The topological polar surface area (TPSA) is 92.5 Å². The summed E-state index contributed by atoms with van der Waals surface area (Å²) in [4.78, 5) is 37.2. The molecule has 1 radical (unpaired) electrons. The molecule has 6 heteroatoms. The Labute approximate surface area is 126 Å². The van der Waals surface area contributed by atoms with Gasteiger partial charge in [0.2, 0.25) is 11.8 Å². The molecule has 1 fully saturated rings. The molecule has 2 amide bonds. The van der Waals surface area contributed by atoms with Crippen molar-refractivity contribution in [2.24, 2.45) is 11.7 Å². The largest absolute Gasteiger partial charge is 0.369 e. The molecule has 1 heterocycles. The highest BCUT2D eigenvalue weighted by Crippen LogP contribution is 2.15. The lowest BCUT2D eigenvalue weighted by molar-refractivity contribution is -0.137. The first-order valence-electron chi connectivity index (χ1n) is 7.63. The number of primary amides is 1. The third kappa shape index (κ3) is 5.46. The number of hydrogen-bond acceptors (Lipinski definition) is 4. The Bertz CT molecular complexity index is 384. The molecule has 0 aromatic carbocycles. The van der Waals surface area contributed by atoms with Gasteiger partial charge in [0.1, 0.15) is 0 Å². The first-order chi connectivity index (χ1) is 9.97. The van der Waals surface area contributed by atoms with Crippen molar-refractivity contribution in [3.05, 3.63) is 6.42 Å². The average molecular weight is 296 g/mol. The highest BCUT2D eigenvalue weighted by molar-refractivity contribution is 5.93. The van der Waals surface area contributed by atoms with Gasteiger partial charge in [-0.1, -0.05) is 13.8 Å². The minimum atomic E-state index is -0.421. The number of rotatable bonds is 7. The number of hydrogen-bond donors (Lipinski definition) is 2. The fraction of sp³-hybridized carbons (Fsp3) is 0.733. The van der Waals surface area contributed by atoms with Crippen LogP contribution in [0.2, 0.25) is 0 Å². The van der Waals surface area contributed by atoms with Gasteiger partial charge in [-0.15, -0.1) is 0 Å². The second-order valence-corrected chi connectivity index (χ2v) is 5.58. The molecular weight excluding hydrogens is 270 g/mol. The Kier molecular flexibility index (Phi) is 7.36. The summed E-state index contributed by atoms with van der Waals surface area (Å²) in [6.07, 6.45) is 4.16. The van der Waals surface area contributed by atoms with Crippen molar-refractivity contribution in [3.63, 3.8) is 0 Å². The maximum absolute atomic E-state index is 12.4. The van der Waals surface area contributed by atoms with E-state index in [0.29, 0.717) is 25.9 Å². The molecular formula is C15H26N3O3. The van der Waals surface area contributed by atoms with E-state index < -0.39 is 5.91 Å². The number of nitrogens with one attached hydrogen (secondary N) is 1. The van der Waals surface area contributed by atoms with E-state index in [2.05, 4.69) is 5.32 Å². The summed E-state index contributed by atoms with van der Waals surface area (Å²) in [5.74, 6) is -0.907. The minimum absolute atomic E-state index is 0.0608. The smallest absolute Gasteiger partial charge is 0.227 e. The summed E-state index contributed by atoms with van der Waals surface area (Å²) >= 11 is 0. The number of ketones is 1. The Morgan fingerprint density at radius 1 is 1.52 bits per heavy atom. The van der Waals surface area contributed by atoms with Crippen LogP contribution in [0.4, 0.5) is 0 Å². The molecule has 0 bridgehead atoms. The van der Waals surface area contributed by atoms with Crippen molar-refractivity contribution in [2.75, 3.05) is 19.6 Å². The van der Waals surface area contributed by atoms with E-state index in [1.807, 2.05) is 6.92 Å². The number of carbonyl (C=O) groups is 3. The first kappa shape index (κ1) is 17.6. The maximum Gasteiger partial charge on any atom is 0.227 e. The Hall–Kier alpha value is -1.43. The lowest BCUT2D eigenvalue weighted by Crippen LogP contribution is -2.47. The fourth-order valence-electron chi connectivity index (χ4n) is 2.41. The van der Waals surface area contributed by atoms with E-state index >= 15 is 0 Å². The fourth-order valence-corrected chi connectivity index (χ4v) is 2.41. The maximum atomic E-state index is 12.4. The molecule has 1 aliphatic rings. The van der Waals surface area contributed by atoms with Gasteiger partial charge in [-0.2, -0.15) is 0 Å². The summed E-state index contributed by atoms with van der Waals surface area (Å²) in [5, 5.41) is 3.07. The molecule has 2 atom stereocenters. The van der Waals surface area contributed by atoms with Crippen molar-refractivity contribution < 1.29 is 14.4 Å². The number of nitrogens with zero attached hydrogens (tertiary/aromatic N) is 1. The van der Waals surface area contributed by atoms with E-state index in [-0.39, 0.29) is 23.7 Å². The van der Waals surface area contributed by atoms with Gasteiger partial charge in [0, 0.05) is 12.5 Å². The van der Waals surface area contributed by atoms with Crippen LogP contribution in [-0.2, 0) is 14.4 Å². The Morgan fingerprint density at radius 3 is 2.86 bits per heavy atom. The summed E-state index contributed by atoms with van der Waals surface area (Å²) < 4.78 is 0. The molecule has 0 saturated carbocycles. The zero-order valence-corrected chi connectivity index (χ0v) is 12.9. The summed E-state index contributed by atoms with van der Waals surface area (Å²) in [6.45, 7) is 5.34. The van der Waals surface area contributed by atoms with Crippen LogP contribution in [0.5, 0.6) is 0 Å². The molecule has 1 aliphatic heterocycles. The molecule has 0 aliphatic carbocycles. The monoisotopic (exact) mass is 296 g/mol. The van der Waals surface area contributed by atoms with Gasteiger partial charge >= 0.3 is 0 Å². The van der Waals surface area contributed by atoms with Crippen molar-refractivity contribution in [3.8, 4) is 0 Å². The molecule has 0 aromatic heterocycles. The van der Waals surface area contributed by atoms with Crippen LogP contribution in [0, 0.1) is 12.3 Å². The Balaban J connectivity index is 2.67. The van der Waals surface area contributed by atoms with Gasteiger partial charge in [-0.25, -0.2) is 0 Å². The van der Waals surface area contributed by atoms with Crippen LogP contribution in [0.15, 0.2) is 0 Å². The molecule has 1 rings (SSSR count). The van der Waals surface area contributed by atoms with Crippen LogP contribution in [0.3, 0.4) is 0 Å². The van der Waals surface area contributed by atoms with Crippen LogP contribution in [0.25, 0.3) is 0 Å². The quantitative estimate of drug-likeness (QED) is 0.705. The van der Waals surface area contributed by atoms with E-state index in [9.17, 15) is 14.4 Å². The number of Topliss-reactive ketones (excluding diaryl/α,β-unsaturated/α-hetero) is 1. The van der Waals surface area contributed by atoms with E-state index in [1.54, 1.807) is 11.8 Å². The number of nitrogens with two attached hydrogens (primary N) is 1. The molecule has 0 spiro atoms. The molecule has 1 saturated heterocycles. The van der Waals surface area contributed by atoms with Crippen molar-refractivity contribution in [1.82, 2.24) is 10.2 Å². The molecule has 119 valence electrons. The van der Waals surface area contributed by atoms with Crippen LogP contribution in [-0.4, -0.2) is 48.2 Å².